The Hall–Kier alpha value is -0.756. The molecule has 3 aliphatic rings. The maximum Gasteiger partial charge on any atom is 0.308 e. The second-order valence-electron chi connectivity index (χ2n) is 12.7. The number of ether oxygens (including phenoxy) is 5. The van der Waals surface area contributed by atoms with Crippen LogP contribution in [0.15, 0.2) is 11.8 Å². The zero-order valence-electron chi connectivity index (χ0n) is 28.7. The Morgan fingerprint density at radius 2 is 1.30 bits per heavy atom. The molecule has 3 saturated heterocycles. The van der Waals surface area contributed by atoms with Gasteiger partial charge in [0.2, 0.25) is 0 Å². The number of esters is 1. The third kappa shape index (κ3) is 8.74. The number of carbonyl (C=O) groups is 1. The first-order valence-corrected chi connectivity index (χ1v) is 22.4. The molecule has 250 valence electrons. The maximum absolute atomic E-state index is 12.2. The monoisotopic (exact) mass is 642 g/mol. The number of carbonyl (C=O) groups excluding carboxylic acids is 1. The lowest BCUT2D eigenvalue weighted by Crippen LogP contribution is -2.65. The number of allylic oxidation sites excluding steroid dienone is 1. The first-order valence-electron chi connectivity index (χ1n) is 17.3. The summed E-state index contributed by atoms with van der Waals surface area (Å²) < 4.78 is 46.1. The van der Waals surface area contributed by atoms with Crippen LogP contribution in [0.4, 0.5) is 0 Å². The lowest BCUT2D eigenvalue weighted by atomic mass is 9.88. The van der Waals surface area contributed by atoms with Crippen molar-refractivity contribution in [2.24, 2.45) is 0 Å². The lowest BCUT2D eigenvalue weighted by molar-refractivity contribution is -0.255. The fraction of sp³-hybridized carbons (Fsp3) is 0.909. The maximum atomic E-state index is 12.2. The smallest absolute Gasteiger partial charge is 0.308 e. The van der Waals surface area contributed by atoms with E-state index in [1.165, 1.54) is 13.5 Å². The summed E-state index contributed by atoms with van der Waals surface area (Å²) >= 11 is 0. The minimum absolute atomic E-state index is 0.137. The standard InChI is InChI=1S/C33H62O8Si2/c1-10-17-18-19-24(35-8)22-27-30(40-42(11-2,12-3)13-4)31-32(39-27)33(41-43(14-5,15-6)16-7)29-26(38-31)21-20-25(37-29)23-28(34)36-9/h22,25-27,29-33H,10-21,23H2,1-9H3/b24-22+/t25-,26+,27-,29+,30+,31+,32-,33+/m1/s1. The first-order chi connectivity index (χ1) is 20.7. The average molecular weight is 643 g/mol. The van der Waals surface area contributed by atoms with Crippen molar-refractivity contribution in [3.05, 3.63) is 11.8 Å². The molecule has 8 atom stereocenters. The molecule has 10 heteroatoms. The van der Waals surface area contributed by atoms with Crippen molar-refractivity contribution in [1.29, 1.82) is 0 Å². The molecule has 0 spiro atoms. The van der Waals surface area contributed by atoms with E-state index in [9.17, 15) is 4.79 Å². The highest BCUT2D eigenvalue weighted by Gasteiger charge is 2.60. The van der Waals surface area contributed by atoms with Crippen molar-refractivity contribution in [2.75, 3.05) is 14.2 Å². The SMILES string of the molecule is CCCCC/C(=C\[C@H]1O[C@H]2[C@@H](O[Si](CC)(CC)CC)[C@H]3O[C@@H](CC(=O)OC)CC[C@@H]3O[C@H]2[C@H]1O[Si](CC)(CC)CC)OC. The second kappa shape index (κ2) is 17.2. The first kappa shape index (κ1) is 36.7. The van der Waals surface area contributed by atoms with E-state index in [1.807, 2.05) is 0 Å². The molecule has 0 aromatic heterocycles. The molecule has 0 aromatic carbocycles. The molecule has 43 heavy (non-hydrogen) atoms. The van der Waals surface area contributed by atoms with Gasteiger partial charge in [-0.2, -0.15) is 0 Å². The number of methoxy groups -OCH3 is 2. The van der Waals surface area contributed by atoms with Gasteiger partial charge in [-0.1, -0.05) is 61.3 Å². The third-order valence-corrected chi connectivity index (χ3v) is 19.9. The van der Waals surface area contributed by atoms with Gasteiger partial charge in [-0.05, 0) is 61.6 Å². The van der Waals surface area contributed by atoms with E-state index in [0.717, 1.165) is 74.1 Å². The molecular formula is C33H62O8Si2. The summed E-state index contributed by atoms with van der Waals surface area (Å²) in [7, 11) is -0.868. The Labute approximate surface area is 264 Å². The molecule has 0 bridgehead atoms. The van der Waals surface area contributed by atoms with E-state index in [4.69, 9.17) is 32.5 Å². The number of fused-ring (bicyclic) bond motifs is 2. The predicted octanol–water partition coefficient (Wildman–Crippen LogP) is 7.52. The van der Waals surface area contributed by atoms with Gasteiger partial charge in [-0.15, -0.1) is 0 Å². The van der Waals surface area contributed by atoms with E-state index in [1.54, 1.807) is 7.11 Å². The normalized spacial score (nSPS) is 31.4. The molecule has 0 radical (unpaired) electrons. The Bertz CT molecular complexity index is 860. The predicted molar refractivity (Wildman–Crippen MR) is 175 cm³/mol. The fourth-order valence-corrected chi connectivity index (χ4v) is 12.9. The quantitative estimate of drug-likeness (QED) is 0.0657. The molecule has 0 aromatic rings. The molecule has 0 unspecified atom stereocenters. The Balaban J connectivity index is 2.04. The zero-order valence-corrected chi connectivity index (χ0v) is 30.7. The van der Waals surface area contributed by atoms with E-state index >= 15 is 0 Å². The molecule has 0 amide bonds. The van der Waals surface area contributed by atoms with Crippen LogP contribution in [0.3, 0.4) is 0 Å². The molecule has 3 heterocycles. The molecule has 3 aliphatic heterocycles. The van der Waals surface area contributed by atoms with Crippen molar-refractivity contribution in [1.82, 2.24) is 0 Å². The van der Waals surface area contributed by atoms with E-state index < -0.39 is 16.6 Å². The van der Waals surface area contributed by atoms with Gasteiger partial charge in [0.15, 0.2) is 16.6 Å². The highest BCUT2D eigenvalue weighted by atomic mass is 28.4. The summed E-state index contributed by atoms with van der Waals surface area (Å²) in [5, 5.41) is 0. The van der Waals surface area contributed by atoms with E-state index in [-0.39, 0.29) is 61.2 Å². The summed E-state index contributed by atoms with van der Waals surface area (Å²) in [6, 6.07) is 6.26. The molecule has 0 aliphatic carbocycles. The fourth-order valence-electron chi connectivity index (χ4n) is 7.23. The van der Waals surface area contributed by atoms with Crippen LogP contribution in [0.25, 0.3) is 0 Å². The molecule has 0 saturated carbocycles. The van der Waals surface area contributed by atoms with Gasteiger partial charge in [0.25, 0.3) is 0 Å². The van der Waals surface area contributed by atoms with Crippen LogP contribution in [-0.4, -0.2) is 85.7 Å². The summed E-state index contributed by atoms with van der Waals surface area (Å²) in [5.74, 6) is 0.701. The summed E-state index contributed by atoms with van der Waals surface area (Å²) in [6.07, 6.45) is 6.20. The van der Waals surface area contributed by atoms with E-state index in [2.05, 4.69) is 54.5 Å². The molecule has 3 rings (SSSR count). The van der Waals surface area contributed by atoms with Crippen LogP contribution in [0, 0.1) is 0 Å². The lowest BCUT2D eigenvalue weighted by Gasteiger charge is -2.50. The Morgan fingerprint density at radius 3 is 1.84 bits per heavy atom. The van der Waals surface area contributed by atoms with Crippen LogP contribution in [-0.2, 0) is 37.3 Å². The second-order valence-corrected chi connectivity index (χ2v) is 22.2. The largest absolute Gasteiger partial charge is 0.501 e. The van der Waals surface area contributed by atoms with Gasteiger partial charge < -0.3 is 32.5 Å². The van der Waals surface area contributed by atoms with Crippen LogP contribution >= 0.6 is 0 Å². The number of unbranched alkanes of at least 4 members (excludes halogenated alkanes) is 2. The molecule has 8 nitrogen and oxygen atoms in total. The van der Waals surface area contributed by atoms with Crippen molar-refractivity contribution in [3.8, 4) is 0 Å². The van der Waals surface area contributed by atoms with Crippen molar-refractivity contribution >= 4 is 22.6 Å². The van der Waals surface area contributed by atoms with Crippen molar-refractivity contribution in [3.63, 3.8) is 0 Å². The summed E-state index contributed by atoms with van der Waals surface area (Å²) in [5.41, 5.74) is 0. The number of hydrogen-bond donors (Lipinski definition) is 0. The van der Waals surface area contributed by atoms with Gasteiger partial charge >= 0.3 is 5.97 Å². The van der Waals surface area contributed by atoms with Gasteiger partial charge in [0.1, 0.15) is 36.6 Å². The Morgan fingerprint density at radius 1 is 0.721 bits per heavy atom. The minimum Gasteiger partial charge on any atom is -0.501 e. The van der Waals surface area contributed by atoms with Crippen LogP contribution < -0.4 is 0 Å². The number of rotatable bonds is 18. The summed E-state index contributed by atoms with van der Waals surface area (Å²) in [4.78, 5) is 12.2. The minimum atomic E-state index is -2.05. The molecular weight excluding hydrogens is 581 g/mol. The van der Waals surface area contributed by atoms with Gasteiger partial charge in [0.05, 0.1) is 38.6 Å². The number of hydrogen-bond acceptors (Lipinski definition) is 8. The third-order valence-electron chi connectivity index (χ3n) is 10.7. The van der Waals surface area contributed by atoms with Crippen molar-refractivity contribution < 1.29 is 37.3 Å². The van der Waals surface area contributed by atoms with Crippen molar-refractivity contribution in [2.45, 2.75) is 179 Å². The van der Waals surface area contributed by atoms with E-state index in [0.29, 0.717) is 0 Å². The van der Waals surface area contributed by atoms with Crippen LogP contribution in [0.5, 0.6) is 0 Å². The summed E-state index contributed by atoms with van der Waals surface area (Å²) in [6.45, 7) is 15.8. The van der Waals surface area contributed by atoms with Crippen LogP contribution in [0.2, 0.25) is 36.3 Å². The zero-order chi connectivity index (χ0) is 31.6. The highest BCUT2D eigenvalue weighted by Crippen LogP contribution is 2.45. The van der Waals surface area contributed by atoms with Crippen LogP contribution in [0.1, 0.15) is 93.4 Å². The molecule has 3 fully saturated rings. The average Bonchev–Trinajstić information content (AvgIpc) is 3.37. The Kier molecular flexibility index (Phi) is 14.7. The molecule has 0 N–H and O–H groups in total. The highest BCUT2D eigenvalue weighted by molar-refractivity contribution is 6.74. The van der Waals surface area contributed by atoms with Gasteiger partial charge in [-0.25, -0.2) is 0 Å². The van der Waals surface area contributed by atoms with Gasteiger partial charge in [-0.3, -0.25) is 4.79 Å². The topological polar surface area (TPSA) is 81.7 Å². The van der Waals surface area contributed by atoms with Gasteiger partial charge in [0, 0.05) is 6.42 Å².